The molecule has 1 unspecified atom stereocenters. The Kier molecular flexibility index (Phi) is 12.8. The molecule has 138 valence electrons. The average Bonchev–Trinajstić information content (AvgIpc) is 2.73. The second kappa shape index (κ2) is 12.3. The van der Waals surface area contributed by atoms with E-state index in [0.717, 1.165) is 5.56 Å². The van der Waals surface area contributed by atoms with E-state index in [9.17, 15) is 0 Å². The van der Waals surface area contributed by atoms with E-state index < -0.39 is 0 Å². The number of halogens is 2. The molecule has 26 heavy (non-hydrogen) atoms. The number of hydrogen-bond donors (Lipinski definition) is 0. The van der Waals surface area contributed by atoms with Gasteiger partial charge in [0.2, 0.25) is 0 Å². The standard InChI is InChI=1S/C16H19.C6H6N.2ClH.Ti/c1-10-8-6-7-9-15(10)16-13(4)11(2)12(3)14(16)5;7-6-4-2-1-3-5-6;;;/h6-9,13H,1H2,2-5H3;1-5,7H;2*1H;/q2*-1;;;+2/p-2. The van der Waals surface area contributed by atoms with Gasteiger partial charge in [-0.2, -0.15) is 18.6 Å². The molecule has 0 saturated carbocycles. The molecule has 0 heterocycles. The SMILES string of the molecule is [CH2-]c1ccccc1C1=C(C)C(C)=C(C)C1C.[Cl-].[Cl-].[NH-]c1ccccc1.[Ti+2]. The van der Waals surface area contributed by atoms with E-state index in [4.69, 9.17) is 5.73 Å². The van der Waals surface area contributed by atoms with Crippen LogP contribution in [0.15, 0.2) is 71.3 Å². The van der Waals surface area contributed by atoms with Gasteiger partial charge in [0.25, 0.3) is 0 Å². The zero-order valence-corrected chi connectivity index (χ0v) is 18.8. The van der Waals surface area contributed by atoms with Gasteiger partial charge < -0.3 is 30.5 Å². The number of benzene rings is 2. The van der Waals surface area contributed by atoms with Crippen LogP contribution in [-0.4, -0.2) is 0 Å². The molecule has 1 aliphatic carbocycles. The van der Waals surface area contributed by atoms with E-state index >= 15 is 0 Å². The third kappa shape index (κ3) is 6.25. The van der Waals surface area contributed by atoms with Gasteiger partial charge in [-0.05, 0) is 32.3 Å². The molecule has 3 rings (SSSR count). The topological polar surface area (TPSA) is 23.8 Å². The Morgan fingerprint density at radius 3 is 1.69 bits per heavy atom. The first-order valence-corrected chi connectivity index (χ1v) is 8.00. The average molecular weight is 422 g/mol. The number of allylic oxidation sites excluding steroid dienone is 4. The minimum Gasteiger partial charge on any atom is -1.00 e. The van der Waals surface area contributed by atoms with Crippen molar-refractivity contribution in [3.63, 3.8) is 0 Å². The zero-order valence-electron chi connectivity index (χ0n) is 15.7. The maximum Gasteiger partial charge on any atom is 2.00 e. The van der Waals surface area contributed by atoms with E-state index in [1.54, 1.807) is 12.1 Å². The van der Waals surface area contributed by atoms with Crippen LogP contribution in [0.2, 0.25) is 0 Å². The molecule has 0 spiro atoms. The predicted molar refractivity (Wildman–Crippen MR) is 101 cm³/mol. The van der Waals surface area contributed by atoms with Crippen LogP contribution >= 0.6 is 0 Å². The molecule has 1 atom stereocenters. The summed E-state index contributed by atoms with van der Waals surface area (Å²) in [6.45, 7) is 13.1. The van der Waals surface area contributed by atoms with Gasteiger partial charge in [-0.25, -0.2) is 0 Å². The summed E-state index contributed by atoms with van der Waals surface area (Å²) in [7, 11) is 0. The largest absolute Gasteiger partial charge is 2.00 e. The first kappa shape index (κ1) is 27.1. The van der Waals surface area contributed by atoms with Gasteiger partial charge in [0.15, 0.2) is 0 Å². The van der Waals surface area contributed by atoms with Crippen LogP contribution in [0.1, 0.15) is 38.8 Å². The Morgan fingerprint density at radius 1 is 0.808 bits per heavy atom. The van der Waals surface area contributed by atoms with Gasteiger partial charge in [0.1, 0.15) is 0 Å². The molecule has 0 radical (unpaired) electrons. The molecular formula is C22H25Cl2NTi-2. The van der Waals surface area contributed by atoms with Crippen molar-refractivity contribution in [1.82, 2.24) is 0 Å². The maximum atomic E-state index is 7.00. The molecule has 0 saturated heterocycles. The summed E-state index contributed by atoms with van der Waals surface area (Å²) in [5.41, 5.74) is 15.8. The summed E-state index contributed by atoms with van der Waals surface area (Å²) in [6, 6.07) is 17.5. The van der Waals surface area contributed by atoms with E-state index in [0.29, 0.717) is 11.6 Å². The van der Waals surface area contributed by atoms with Gasteiger partial charge >= 0.3 is 21.7 Å². The number of rotatable bonds is 1. The molecule has 1 N–H and O–H groups in total. The molecule has 0 aliphatic heterocycles. The summed E-state index contributed by atoms with van der Waals surface area (Å²) >= 11 is 0. The van der Waals surface area contributed by atoms with Gasteiger partial charge in [0, 0.05) is 0 Å². The van der Waals surface area contributed by atoms with Crippen LogP contribution in [0.3, 0.4) is 0 Å². The molecule has 1 aliphatic rings. The molecule has 4 heteroatoms. The summed E-state index contributed by atoms with van der Waals surface area (Å²) in [4.78, 5) is 0. The fourth-order valence-corrected chi connectivity index (χ4v) is 3.02. The van der Waals surface area contributed by atoms with Crippen LogP contribution in [0.25, 0.3) is 11.3 Å². The second-order valence-corrected chi connectivity index (χ2v) is 6.09. The van der Waals surface area contributed by atoms with Crippen LogP contribution in [0, 0.1) is 12.8 Å². The molecule has 0 amide bonds. The van der Waals surface area contributed by atoms with Gasteiger partial charge in [-0.3, -0.25) is 0 Å². The minimum absolute atomic E-state index is 0. The normalized spacial score (nSPS) is 15.2. The predicted octanol–water partition coefficient (Wildman–Crippen LogP) is 1.00. The fraction of sp³-hybridized carbons (Fsp3) is 0.227. The van der Waals surface area contributed by atoms with Crippen molar-refractivity contribution in [3.8, 4) is 0 Å². The Labute approximate surface area is 185 Å². The van der Waals surface area contributed by atoms with Gasteiger partial charge in [-0.1, -0.05) is 60.0 Å². The third-order valence-corrected chi connectivity index (χ3v) is 4.72. The van der Waals surface area contributed by atoms with Crippen molar-refractivity contribution in [2.75, 3.05) is 0 Å². The Morgan fingerprint density at radius 2 is 1.31 bits per heavy atom. The molecule has 0 fully saturated rings. The van der Waals surface area contributed by atoms with Gasteiger partial charge in [0.05, 0.1) is 0 Å². The van der Waals surface area contributed by atoms with Crippen LogP contribution in [0.5, 0.6) is 0 Å². The summed E-state index contributed by atoms with van der Waals surface area (Å²) in [6.07, 6.45) is 0. The van der Waals surface area contributed by atoms with E-state index in [1.807, 2.05) is 18.2 Å². The summed E-state index contributed by atoms with van der Waals surface area (Å²) in [5.74, 6) is 0.530. The minimum atomic E-state index is 0. The second-order valence-electron chi connectivity index (χ2n) is 6.09. The van der Waals surface area contributed by atoms with Crippen LogP contribution < -0.4 is 24.8 Å². The molecule has 2 aromatic rings. The van der Waals surface area contributed by atoms with Crippen molar-refractivity contribution >= 4 is 11.3 Å². The molecule has 1 nitrogen and oxygen atoms in total. The van der Waals surface area contributed by atoms with Crippen LogP contribution in [-0.2, 0) is 21.7 Å². The van der Waals surface area contributed by atoms with Crippen LogP contribution in [0.4, 0.5) is 5.69 Å². The molecule has 0 aromatic heterocycles. The zero-order chi connectivity index (χ0) is 17.0. The fourth-order valence-electron chi connectivity index (χ4n) is 3.02. The van der Waals surface area contributed by atoms with Crippen molar-refractivity contribution in [3.05, 3.63) is 95.1 Å². The quantitative estimate of drug-likeness (QED) is 0.484. The van der Waals surface area contributed by atoms with E-state index in [-0.39, 0.29) is 46.5 Å². The molecular weight excluding hydrogens is 397 g/mol. The number of hydrogen-bond acceptors (Lipinski definition) is 0. The number of nitrogens with one attached hydrogen (secondary N) is 1. The molecule has 2 aromatic carbocycles. The summed E-state index contributed by atoms with van der Waals surface area (Å²) < 4.78 is 0. The summed E-state index contributed by atoms with van der Waals surface area (Å²) in [5, 5.41) is 0. The van der Waals surface area contributed by atoms with E-state index in [2.05, 4.69) is 58.9 Å². The van der Waals surface area contributed by atoms with Crippen molar-refractivity contribution < 1.29 is 46.5 Å². The third-order valence-electron chi connectivity index (χ3n) is 4.72. The van der Waals surface area contributed by atoms with E-state index in [1.165, 1.54) is 27.9 Å². The Hall–Kier alpha value is -1.12. The first-order chi connectivity index (χ1) is 10.9. The molecule has 0 bridgehead atoms. The monoisotopic (exact) mass is 421 g/mol. The smallest absolute Gasteiger partial charge is 1.00 e. The van der Waals surface area contributed by atoms with Crippen molar-refractivity contribution in [1.29, 1.82) is 0 Å². The Bertz CT molecular complexity index is 752. The van der Waals surface area contributed by atoms with Crippen molar-refractivity contribution in [2.24, 2.45) is 5.92 Å². The van der Waals surface area contributed by atoms with Gasteiger partial charge in [-0.15, -0.1) is 23.4 Å². The Balaban J connectivity index is 0. The maximum absolute atomic E-state index is 7.00. The van der Waals surface area contributed by atoms with Crippen molar-refractivity contribution in [2.45, 2.75) is 27.7 Å². The first-order valence-electron chi connectivity index (χ1n) is 8.00.